The monoisotopic (exact) mass is 288 g/mol. The molecule has 8 heteroatoms. The minimum Gasteiger partial charge on any atom is -0.396 e. The summed E-state index contributed by atoms with van der Waals surface area (Å²) in [4.78, 5) is 0. The molecular formula is C11H20N4O3S. The highest BCUT2D eigenvalue weighted by atomic mass is 32.2. The first-order chi connectivity index (χ1) is 8.94. The Labute approximate surface area is 113 Å². The predicted octanol–water partition coefficient (Wildman–Crippen LogP) is 0.388. The summed E-state index contributed by atoms with van der Waals surface area (Å²) in [6.07, 6.45) is 1.39. The van der Waals surface area contributed by atoms with Crippen molar-refractivity contribution >= 4 is 15.9 Å². The quantitative estimate of drug-likeness (QED) is 0.746. The fourth-order valence-corrected chi connectivity index (χ4v) is 3.61. The molecule has 0 radical (unpaired) electrons. The molecule has 0 bridgehead atoms. The van der Waals surface area contributed by atoms with Crippen LogP contribution in [0.4, 0.5) is 5.69 Å². The molecule has 0 saturated carbocycles. The molecule has 0 amide bonds. The van der Waals surface area contributed by atoms with E-state index in [-0.39, 0.29) is 12.5 Å². The summed E-state index contributed by atoms with van der Waals surface area (Å²) in [5.74, 6) is 0.212. The molecule has 108 valence electrons. The van der Waals surface area contributed by atoms with Gasteiger partial charge in [-0.1, -0.05) is 0 Å². The third-order valence-corrected chi connectivity index (χ3v) is 5.04. The molecule has 0 aliphatic carbocycles. The van der Waals surface area contributed by atoms with Gasteiger partial charge < -0.3 is 5.11 Å². The summed E-state index contributed by atoms with van der Waals surface area (Å²) in [7, 11) is -3.54. The largest absolute Gasteiger partial charge is 0.396 e. The van der Waals surface area contributed by atoms with E-state index in [1.165, 1.54) is 4.31 Å². The SMILES string of the molecule is Cc1n[nH]c(C)c1NS(=O)(=O)N1CCC(CO)CC1. The average molecular weight is 288 g/mol. The molecule has 0 spiro atoms. The summed E-state index contributed by atoms with van der Waals surface area (Å²) in [5.41, 5.74) is 1.85. The summed E-state index contributed by atoms with van der Waals surface area (Å²) >= 11 is 0. The Morgan fingerprint density at radius 1 is 1.42 bits per heavy atom. The molecule has 2 rings (SSSR count). The van der Waals surface area contributed by atoms with Crippen LogP contribution in [0.25, 0.3) is 0 Å². The first kappa shape index (κ1) is 14.3. The molecule has 3 N–H and O–H groups in total. The number of aliphatic hydroxyl groups is 1. The Morgan fingerprint density at radius 2 is 2.05 bits per heavy atom. The standard InChI is InChI=1S/C11H20N4O3S/c1-8-11(9(2)13-12-8)14-19(17,18)15-5-3-10(7-16)4-6-15/h10,14,16H,3-7H2,1-2H3,(H,12,13). The zero-order chi connectivity index (χ0) is 14.0. The molecule has 1 aliphatic rings. The van der Waals surface area contributed by atoms with Crippen LogP contribution in [0.1, 0.15) is 24.2 Å². The second kappa shape index (κ2) is 5.48. The minimum absolute atomic E-state index is 0.126. The molecule has 1 fully saturated rings. The van der Waals surface area contributed by atoms with Gasteiger partial charge in [-0.05, 0) is 32.6 Å². The van der Waals surface area contributed by atoms with Crippen LogP contribution >= 0.6 is 0 Å². The number of hydrogen-bond donors (Lipinski definition) is 3. The smallest absolute Gasteiger partial charge is 0.301 e. The van der Waals surface area contributed by atoms with E-state index in [9.17, 15) is 8.42 Å². The van der Waals surface area contributed by atoms with Crippen molar-refractivity contribution in [3.05, 3.63) is 11.4 Å². The lowest BCUT2D eigenvalue weighted by molar-refractivity contribution is 0.170. The van der Waals surface area contributed by atoms with Gasteiger partial charge in [0.15, 0.2) is 0 Å². The summed E-state index contributed by atoms with van der Waals surface area (Å²) in [5, 5.41) is 15.8. The van der Waals surface area contributed by atoms with Crippen molar-refractivity contribution in [3.63, 3.8) is 0 Å². The Morgan fingerprint density at radius 3 is 2.53 bits per heavy atom. The van der Waals surface area contributed by atoms with Crippen LogP contribution in [0, 0.1) is 19.8 Å². The van der Waals surface area contributed by atoms with Crippen LogP contribution in [0.3, 0.4) is 0 Å². The fraction of sp³-hybridized carbons (Fsp3) is 0.727. The number of hydrogen-bond acceptors (Lipinski definition) is 4. The summed E-state index contributed by atoms with van der Waals surface area (Å²) in [6.45, 7) is 4.53. The van der Waals surface area contributed by atoms with Crippen LogP contribution in [-0.4, -0.2) is 47.7 Å². The van der Waals surface area contributed by atoms with E-state index in [4.69, 9.17) is 5.11 Å². The van der Waals surface area contributed by atoms with Crippen molar-refractivity contribution in [2.45, 2.75) is 26.7 Å². The molecule has 1 aliphatic heterocycles. The first-order valence-corrected chi connectivity index (χ1v) is 7.78. The Bertz CT molecular complexity index is 513. The normalized spacial score (nSPS) is 18.7. The van der Waals surface area contributed by atoms with Gasteiger partial charge in [-0.3, -0.25) is 9.82 Å². The van der Waals surface area contributed by atoms with Crippen LogP contribution in [0.5, 0.6) is 0 Å². The maximum Gasteiger partial charge on any atom is 0.301 e. The number of H-pyrrole nitrogens is 1. The number of piperidine rings is 1. The predicted molar refractivity (Wildman–Crippen MR) is 72.0 cm³/mol. The highest BCUT2D eigenvalue weighted by Crippen LogP contribution is 2.23. The molecule has 1 aromatic heterocycles. The highest BCUT2D eigenvalue weighted by molar-refractivity contribution is 7.90. The number of aromatic nitrogens is 2. The summed E-state index contributed by atoms with van der Waals surface area (Å²) in [6, 6.07) is 0. The zero-order valence-corrected chi connectivity index (χ0v) is 12.0. The minimum atomic E-state index is -3.54. The number of aromatic amines is 1. The van der Waals surface area contributed by atoms with E-state index < -0.39 is 10.2 Å². The van der Waals surface area contributed by atoms with Gasteiger partial charge in [-0.25, -0.2) is 0 Å². The van der Waals surface area contributed by atoms with Gasteiger partial charge in [-0.2, -0.15) is 17.8 Å². The number of anilines is 1. The molecular weight excluding hydrogens is 268 g/mol. The van der Waals surface area contributed by atoms with E-state index in [0.29, 0.717) is 43.0 Å². The van der Waals surface area contributed by atoms with Gasteiger partial charge in [-0.15, -0.1) is 0 Å². The third-order valence-electron chi connectivity index (χ3n) is 3.53. The third kappa shape index (κ3) is 3.07. The van der Waals surface area contributed by atoms with Crippen molar-refractivity contribution in [2.24, 2.45) is 5.92 Å². The number of aliphatic hydroxyl groups excluding tert-OH is 1. The van der Waals surface area contributed by atoms with Crippen LogP contribution < -0.4 is 4.72 Å². The van der Waals surface area contributed by atoms with Crippen molar-refractivity contribution in [1.29, 1.82) is 0 Å². The van der Waals surface area contributed by atoms with Crippen molar-refractivity contribution in [1.82, 2.24) is 14.5 Å². The van der Waals surface area contributed by atoms with E-state index in [2.05, 4.69) is 14.9 Å². The molecule has 0 aromatic carbocycles. The molecule has 1 saturated heterocycles. The lowest BCUT2D eigenvalue weighted by atomic mass is 10.00. The molecule has 0 unspecified atom stereocenters. The van der Waals surface area contributed by atoms with Crippen molar-refractivity contribution in [3.8, 4) is 0 Å². The molecule has 0 atom stereocenters. The molecule has 7 nitrogen and oxygen atoms in total. The highest BCUT2D eigenvalue weighted by Gasteiger charge is 2.28. The lowest BCUT2D eigenvalue weighted by Gasteiger charge is -2.30. The average Bonchev–Trinajstić information content (AvgIpc) is 2.70. The molecule has 2 heterocycles. The van der Waals surface area contributed by atoms with E-state index in [0.717, 1.165) is 0 Å². The van der Waals surface area contributed by atoms with Crippen molar-refractivity contribution in [2.75, 3.05) is 24.4 Å². The van der Waals surface area contributed by atoms with E-state index >= 15 is 0 Å². The second-order valence-corrected chi connectivity index (χ2v) is 6.61. The van der Waals surface area contributed by atoms with Gasteiger partial charge >= 0.3 is 10.2 Å². The van der Waals surface area contributed by atoms with Gasteiger partial charge in [0, 0.05) is 19.7 Å². The Balaban J connectivity index is 2.07. The van der Waals surface area contributed by atoms with Gasteiger partial charge in [0.1, 0.15) is 0 Å². The maximum atomic E-state index is 12.3. The van der Waals surface area contributed by atoms with E-state index in [1.54, 1.807) is 13.8 Å². The van der Waals surface area contributed by atoms with E-state index in [1.807, 2.05) is 0 Å². The molecule has 19 heavy (non-hydrogen) atoms. The second-order valence-electron chi connectivity index (χ2n) is 4.94. The van der Waals surface area contributed by atoms with Gasteiger partial charge in [0.25, 0.3) is 0 Å². The number of rotatable bonds is 4. The zero-order valence-electron chi connectivity index (χ0n) is 11.2. The van der Waals surface area contributed by atoms with Crippen LogP contribution in [0.2, 0.25) is 0 Å². The van der Waals surface area contributed by atoms with Gasteiger partial charge in [0.2, 0.25) is 0 Å². The number of nitrogens with one attached hydrogen (secondary N) is 2. The van der Waals surface area contributed by atoms with Gasteiger partial charge in [0.05, 0.1) is 17.1 Å². The number of aryl methyl sites for hydroxylation is 2. The van der Waals surface area contributed by atoms with Crippen LogP contribution in [0.15, 0.2) is 0 Å². The topological polar surface area (TPSA) is 98.3 Å². The molecule has 1 aromatic rings. The van der Waals surface area contributed by atoms with Crippen LogP contribution in [-0.2, 0) is 10.2 Å². The number of nitrogens with zero attached hydrogens (tertiary/aromatic N) is 2. The van der Waals surface area contributed by atoms with Crippen molar-refractivity contribution < 1.29 is 13.5 Å². The first-order valence-electron chi connectivity index (χ1n) is 6.34. The lowest BCUT2D eigenvalue weighted by Crippen LogP contribution is -2.42. The Hall–Kier alpha value is -1.12. The fourth-order valence-electron chi connectivity index (χ4n) is 2.23. The maximum absolute atomic E-state index is 12.3. The summed E-state index contributed by atoms with van der Waals surface area (Å²) < 4.78 is 28.5. The Kier molecular flexibility index (Phi) is 4.12.